The van der Waals surface area contributed by atoms with Gasteiger partial charge in [0.15, 0.2) is 0 Å². The third-order valence-electron chi connectivity index (χ3n) is 4.16. The number of benzene rings is 1. The Morgan fingerprint density at radius 2 is 2.00 bits per heavy atom. The number of aromatic hydroxyl groups is 1. The lowest BCUT2D eigenvalue weighted by Crippen LogP contribution is -2.47. The van der Waals surface area contributed by atoms with E-state index >= 15 is 0 Å². The van der Waals surface area contributed by atoms with Crippen LogP contribution in [0.5, 0.6) is 5.75 Å². The SMILES string of the molecule is CC(C)c1ccc(C(=O)NCC(C)N2CCOCC2)c(O)c1. The molecule has 0 radical (unpaired) electrons. The molecule has 5 heteroatoms. The maximum absolute atomic E-state index is 12.2. The number of hydrogen-bond acceptors (Lipinski definition) is 4. The van der Waals surface area contributed by atoms with E-state index in [1.807, 2.05) is 6.07 Å². The van der Waals surface area contributed by atoms with E-state index in [2.05, 4.69) is 31.0 Å². The van der Waals surface area contributed by atoms with Crippen LogP contribution in [0.4, 0.5) is 0 Å². The second-order valence-electron chi connectivity index (χ2n) is 6.14. The van der Waals surface area contributed by atoms with Crippen molar-refractivity contribution in [3.8, 4) is 5.75 Å². The van der Waals surface area contributed by atoms with E-state index < -0.39 is 0 Å². The molecule has 1 unspecified atom stereocenters. The molecule has 1 aliphatic heterocycles. The molecule has 1 heterocycles. The number of carbonyl (C=O) groups excluding carboxylic acids is 1. The number of morpholine rings is 1. The van der Waals surface area contributed by atoms with Gasteiger partial charge in [0.25, 0.3) is 5.91 Å². The number of phenolic OH excluding ortho intramolecular Hbond substituents is 1. The fraction of sp³-hybridized carbons (Fsp3) is 0.588. The van der Waals surface area contributed by atoms with Crippen molar-refractivity contribution in [2.45, 2.75) is 32.7 Å². The van der Waals surface area contributed by atoms with Gasteiger partial charge in [-0.25, -0.2) is 0 Å². The predicted molar refractivity (Wildman–Crippen MR) is 86.4 cm³/mol. The quantitative estimate of drug-likeness (QED) is 0.873. The van der Waals surface area contributed by atoms with Crippen LogP contribution < -0.4 is 5.32 Å². The molecule has 1 aromatic rings. The number of ether oxygens (including phenoxy) is 1. The second-order valence-corrected chi connectivity index (χ2v) is 6.14. The minimum Gasteiger partial charge on any atom is -0.507 e. The second kappa shape index (κ2) is 7.61. The van der Waals surface area contributed by atoms with E-state index in [0.29, 0.717) is 18.0 Å². The van der Waals surface area contributed by atoms with E-state index in [9.17, 15) is 9.90 Å². The Balaban J connectivity index is 1.91. The Hall–Kier alpha value is -1.59. The van der Waals surface area contributed by atoms with Gasteiger partial charge in [-0.2, -0.15) is 0 Å². The molecule has 0 aromatic heterocycles. The van der Waals surface area contributed by atoms with E-state index in [1.165, 1.54) is 0 Å². The summed E-state index contributed by atoms with van der Waals surface area (Å²) in [6.07, 6.45) is 0. The fourth-order valence-corrected chi connectivity index (χ4v) is 2.58. The Kier molecular flexibility index (Phi) is 5.80. The van der Waals surface area contributed by atoms with E-state index in [0.717, 1.165) is 31.9 Å². The van der Waals surface area contributed by atoms with Gasteiger partial charge in [0.2, 0.25) is 0 Å². The predicted octanol–water partition coefficient (Wildman–Crippen LogP) is 1.97. The molecule has 0 spiro atoms. The molecule has 22 heavy (non-hydrogen) atoms. The van der Waals surface area contributed by atoms with Crippen LogP contribution in [0.15, 0.2) is 18.2 Å². The summed E-state index contributed by atoms with van der Waals surface area (Å²) in [4.78, 5) is 14.5. The van der Waals surface area contributed by atoms with Gasteiger partial charge in [-0.3, -0.25) is 9.69 Å². The number of amides is 1. The Morgan fingerprint density at radius 3 is 2.59 bits per heavy atom. The summed E-state index contributed by atoms with van der Waals surface area (Å²) in [6.45, 7) is 10.0. The van der Waals surface area contributed by atoms with Crippen LogP contribution >= 0.6 is 0 Å². The average molecular weight is 306 g/mol. The number of carbonyl (C=O) groups is 1. The van der Waals surface area contributed by atoms with Gasteiger partial charge < -0.3 is 15.2 Å². The van der Waals surface area contributed by atoms with E-state index in [1.54, 1.807) is 12.1 Å². The highest BCUT2D eigenvalue weighted by atomic mass is 16.5. The minimum absolute atomic E-state index is 0.0442. The smallest absolute Gasteiger partial charge is 0.255 e. The summed E-state index contributed by atoms with van der Waals surface area (Å²) in [5.74, 6) is 0.139. The minimum atomic E-state index is -0.229. The van der Waals surface area contributed by atoms with E-state index in [-0.39, 0.29) is 17.7 Å². The third kappa shape index (κ3) is 4.21. The molecule has 2 N–H and O–H groups in total. The summed E-state index contributed by atoms with van der Waals surface area (Å²) in [5.41, 5.74) is 1.36. The standard InChI is InChI=1S/C17H26N2O3/c1-12(2)14-4-5-15(16(20)10-14)17(21)18-11-13(3)19-6-8-22-9-7-19/h4-5,10,12-13,20H,6-9,11H2,1-3H3,(H,18,21). The molecular weight excluding hydrogens is 280 g/mol. The molecule has 2 rings (SSSR count). The summed E-state index contributed by atoms with van der Waals surface area (Å²) in [7, 11) is 0. The van der Waals surface area contributed by atoms with Crippen LogP contribution in [0.3, 0.4) is 0 Å². The lowest BCUT2D eigenvalue weighted by atomic mass is 10.0. The van der Waals surface area contributed by atoms with Crippen molar-refractivity contribution >= 4 is 5.91 Å². The normalized spacial score (nSPS) is 17.5. The molecule has 1 fully saturated rings. The van der Waals surface area contributed by atoms with Gasteiger partial charge in [-0.1, -0.05) is 19.9 Å². The first-order chi connectivity index (χ1) is 10.5. The lowest BCUT2D eigenvalue weighted by molar-refractivity contribution is 0.0204. The van der Waals surface area contributed by atoms with Crippen LogP contribution in [-0.2, 0) is 4.74 Å². The summed E-state index contributed by atoms with van der Waals surface area (Å²) in [6, 6.07) is 5.51. The highest BCUT2D eigenvalue weighted by molar-refractivity contribution is 5.96. The van der Waals surface area contributed by atoms with Crippen molar-refractivity contribution in [3.63, 3.8) is 0 Å². The van der Waals surface area contributed by atoms with Crippen molar-refractivity contribution in [2.24, 2.45) is 0 Å². The first-order valence-corrected chi connectivity index (χ1v) is 7.92. The zero-order chi connectivity index (χ0) is 16.1. The topological polar surface area (TPSA) is 61.8 Å². The Morgan fingerprint density at radius 1 is 1.32 bits per heavy atom. The molecular formula is C17H26N2O3. The van der Waals surface area contributed by atoms with Crippen LogP contribution in [0.1, 0.15) is 42.6 Å². The molecule has 122 valence electrons. The molecule has 1 atom stereocenters. The average Bonchev–Trinajstić information content (AvgIpc) is 2.52. The molecule has 0 saturated carbocycles. The summed E-state index contributed by atoms with van der Waals surface area (Å²) in [5, 5.41) is 12.9. The van der Waals surface area contributed by atoms with Crippen molar-refractivity contribution in [1.82, 2.24) is 10.2 Å². The van der Waals surface area contributed by atoms with E-state index in [4.69, 9.17) is 4.74 Å². The lowest BCUT2D eigenvalue weighted by Gasteiger charge is -2.32. The highest BCUT2D eigenvalue weighted by Gasteiger charge is 2.19. The first kappa shape index (κ1) is 16.8. The molecule has 0 aliphatic carbocycles. The summed E-state index contributed by atoms with van der Waals surface area (Å²) < 4.78 is 5.33. The molecule has 1 saturated heterocycles. The van der Waals surface area contributed by atoms with Gasteiger partial charge in [0.1, 0.15) is 5.75 Å². The Labute approximate surface area is 132 Å². The van der Waals surface area contributed by atoms with Crippen LogP contribution in [0.2, 0.25) is 0 Å². The first-order valence-electron chi connectivity index (χ1n) is 7.92. The van der Waals surface area contributed by atoms with Crippen LogP contribution in [0, 0.1) is 0 Å². The summed E-state index contributed by atoms with van der Waals surface area (Å²) >= 11 is 0. The Bertz CT molecular complexity index is 511. The van der Waals surface area contributed by atoms with Crippen molar-refractivity contribution in [2.75, 3.05) is 32.8 Å². The van der Waals surface area contributed by atoms with Gasteiger partial charge in [0.05, 0.1) is 18.8 Å². The fourth-order valence-electron chi connectivity index (χ4n) is 2.58. The van der Waals surface area contributed by atoms with Gasteiger partial charge in [-0.15, -0.1) is 0 Å². The number of nitrogens with zero attached hydrogens (tertiary/aromatic N) is 1. The van der Waals surface area contributed by atoms with Crippen LogP contribution in [0.25, 0.3) is 0 Å². The largest absolute Gasteiger partial charge is 0.507 e. The van der Waals surface area contributed by atoms with Crippen LogP contribution in [-0.4, -0.2) is 54.8 Å². The molecule has 5 nitrogen and oxygen atoms in total. The third-order valence-corrected chi connectivity index (χ3v) is 4.16. The van der Waals surface area contributed by atoms with Gasteiger partial charge in [-0.05, 0) is 30.5 Å². The molecule has 1 aliphatic rings. The van der Waals surface area contributed by atoms with Crippen molar-refractivity contribution in [1.29, 1.82) is 0 Å². The molecule has 1 aromatic carbocycles. The highest BCUT2D eigenvalue weighted by Crippen LogP contribution is 2.23. The number of hydrogen-bond donors (Lipinski definition) is 2. The maximum Gasteiger partial charge on any atom is 0.255 e. The molecule has 1 amide bonds. The zero-order valence-corrected chi connectivity index (χ0v) is 13.6. The number of nitrogens with one attached hydrogen (secondary N) is 1. The number of rotatable bonds is 5. The maximum atomic E-state index is 12.2. The number of phenols is 1. The van der Waals surface area contributed by atoms with Gasteiger partial charge in [0, 0.05) is 25.7 Å². The van der Waals surface area contributed by atoms with Crippen molar-refractivity contribution < 1.29 is 14.6 Å². The monoisotopic (exact) mass is 306 g/mol. The molecule has 0 bridgehead atoms. The zero-order valence-electron chi connectivity index (χ0n) is 13.6. The van der Waals surface area contributed by atoms with Crippen molar-refractivity contribution in [3.05, 3.63) is 29.3 Å². The van der Waals surface area contributed by atoms with Gasteiger partial charge >= 0.3 is 0 Å².